The van der Waals surface area contributed by atoms with E-state index in [1.165, 1.54) is 4.31 Å². The topological polar surface area (TPSA) is 70.4 Å². The highest BCUT2D eigenvalue weighted by Crippen LogP contribution is 2.22. The molecule has 0 unspecified atom stereocenters. The van der Waals surface area contributed by atoms with E-state index in [-0.39, 0.29) is 0 Å². The van der Waals surface area contributed by atoms with Crippen LogP contribution < -0.4 is 0 Å². The second kappa shape index (κ2) is 3.85. The van der Waals surface area contributed by atoms with E-state index >= 15 is 0 Å². The Balaban J connectivity index is 2.91. The van der Waals surface area contributed by atoms with Gasteiger partial charge in [-0.1, -0.05) is 0 Å². The Morgan fingerprint density at radius 1 is 1.57 bits per heavy atom. The van der Waals surface area contributed by atoms with Crippen LogP contribution in [0.15, 0.2) is 0 Å². The van der Waals surface area contributed by atoms with Crippen molar-refractivity contribution in [2.75, 3.05) is 25.5 Å². The fourth-order valence-corrected chi connectivity index (χ4v) is 3.00. The SMILES string of the molecule is CC1(C)COCCN1S(=O)(=O)CC#N. The number of ether oxygens (including phenoxy) is 1. The summed E-state index contributed by atoms with van der Waals surface area (Å²) in [6.45, 7) is 4.69. The van der Waals surface area contributed by atoms with Crippen molar-refractivity contribution in [3.63, 3.8) is 0 Å². The lowest BCUT2D eigenvalue weighted by molar-refractivity contribution is -0.00752. The smallest absolute Gasteiger partial charge is 0.228 e. The molecule has 0 spiro atoms. The van der Waals surface area contributed by atoms with E-state index in [0.29, 0.717) is 19.8 Å². The monoisotopic (exact) mass is 218 g/mol. The van der Waals surface area contributed by atoms with Crippen molar-refractivity contribution in [2.45, 2.75) is 19.4 Å². The molecule has 0 atom stereocenters. The Labute approximate surface area is 84.3 Å². The molecule has 80 valence electrons. The highest BCUT2D eigenvalue weighted by molar-refractivity contribution is 7.89. The molecule has 1 rings (SSSR count). The fraction of sp³-hybridized carbons (Fsp3) is 0.875. The first-order chi connectivity index (χ1) is 6.40. The Bertz CT molecular complexity index is 342. The molecule has 0 aromatic heterocycles. The number of hydrogen-bond acceptors (Lipinski definition) is 4. The van der Waals surface area contributed by atoms with E-state index in [1.54, 1.807) is 19.9 Å². The first-order valence-corrected chi connectivity index (χ1v) is 5.96. The van der Waals surface area contributed by atoms with Gasteiger partial charge in [-0.2, -0.15) is 9.57 Å². The van der Waals surface area contributed by atoms with E-state index in [2.05, 4.69) is 0 Å². The number of nitriles is 1. The first-order valence-electron chi connectivity index (χ1n) is 4.35. The van der Waals surface area contributed by atoms with Crippen molar-refractivity contribution in [2.24, 2.45) is 0 Å². The van der Waals surface area contributed by atoms with Crippen molar-refractivity contribution < 1.29 is 13.2 Å². The molecular weight excluding hydrogens is 204 g/mol. The second-order valence-corrected chi connectivity index (χ2v) is 5.74. The molecule has 0 saturated carbocycles. The van der Waals surface area contributed by atoms with Gasteiger partial charge in [0, 0.05) is 6.54 Å². The number of nitrogens with zero attached hydrogens (tertiary/aromatic N) is 2. The maximum Gasteiger partial charge on any atom is 0.228 e. The van der Waals surface area contributed by atoms with E-state index in [0.717, 1.165) is 0 Å². The Kier molecular flexibility index (Phi) is 3.14. The maximum atomic E-state index is 11.6. The standard InChI is InChI=1S/C8H14N2O3S/c1-8(2)7-13-5-4-10(8)14(11,12)6-3-9/h4-7H2,1-2H3. The van der Waals surface area contributed by atoms with E-state index in [9.17, 15) is 8.42 Å². The lowest BCUT2D eigenvalue weighted by Gasteiger charge is -2.40. The molecule has 1 aliphatic rings. The van der Waals surface area contributed by atoms with Crippen molar-refractivity contribution in [1.29, 1.82) is 5.26 Å². The normalized spacial score (nSPS) is 22.9. The highest BCUT2D eigenvalue weighted by atomic mass is 32.2. The van der Waals surface area contributed by atoms with Gasteiger partial charge in [-0.15, -0.1) is 0 Å². The zero-order chi connectivity index (χ0) is 10.8. The molecule has 5 nitrogen and oxygen atoms in total. The maximum absolute atomic E-state index is 11.6. The molecule has 1 saturated heterocycles. The molecule has 14 heavy (non-hydrogen) atoms. The van der Waals surface area contributed by atoms with Crippen LogP contribution in [0, 0.1) is 11.3 Å². The van der Waals surface area contributed by atoms with Crippen LogP contribution in [-0.4, -0.2) is 43.8 Å². The quantitative estimate of drug-likeness (QED) is 0.651. The van der Waals surface area contributed by atoms with Crippen LogP contribution in [0.1, 0.15) is 13.8 Å². The number of morpholine rings is 1. The molecule has 1 fully saturated rings. The number of hydrogen-bond donors (Lipinski definition) is 0. The minimum absolute atomic E-state index is 0.330. The third kappa shape index (κ3) is 2.23. The molecule has 6 heteroatoms. The average Bonchev–Trinajstić information content (AvgIpc) is 2.02. The minimum Gasteiger partial charge on any atom is -0.378 e. The van der Waals surface area contributed by atoms with Gasteiger partial charge in [0.1, 0.15) is 0 Å². The predicted octanol–water partition coefficient (Wildman–Crippen LogP) is -0.0494. The summed E-state index contributed by atoms with van der Waals surface area (Å²) in [6.07, 6.45) is 0. The van der Waals surface area contributed by atoms with Crippen molar-refractivity contribution in [3.8, 4) is 6.07 Å². The first kappa shape index (κ1) is 11.4. The number of sulfonamides is 1. The minimum atomic E-state index is -3.45. The third-order valence-corrected chi connectivity index (χ3v) is 3.99. The summed E-state index contributed by atoms with van der Waals surface area (Å²) >= 11 is 0. The van der Waals surface area contributed by atoms with Crippen LogP contribution in [0.3, 0.4) is 0 Å². The molecule has 1 heterocycles. The molecule has 0 aromatic carbocycles. The van der Waals surface area contributed by atoms with Gasteiger partial charge in [0.15, 0.2) is 5.75 Å². The second-order valence-electron chi connectivity index (χ2n) is 3.85. The van der Waals surface area contributed by atoms with Gasteiger partial charge >= 0.3 is 0 Å². The van der Waals surface area contributed by atoms with Crippen molar-refractivity contribution in [3.05, 3.63) is 0 Å². The lowest BCUT2D eigenvalue weighted by atomic mass is 10.1. The van der Waals surface area contributed by atoms with E-state index in [4.69, 9.17) is 10.00 Å². The fourth-order valence-electron chi connectivity index (χ4n) is 1.52. The Hall–Kier alpha value is -0.640. The molecule has 0 aliphatic carbocycles. The average molecular weight is 218 g/mol. The molecule has 0 bridgehead atoms. The van der Waals surface area contributed by atoms with Gasteiger partial charge in [0.25, 0.3) is 0 Å². The summed E-state index contributed by atoms with van der Waals surface area (Å²) in [6, 6.07) is 1.67. The van der Waals surface area contributed by atoms with Gasteiger partial charge in [0.05, 0.1) is 24.8 Å². The predicted molar refractivity (Wildman–Crippen MR) is 51.0 cm³/mol. The molecule has 0 aromatic rings. The van der Waals surface area contributed by atoms with Crippen LogP contribution in [-0.2, 0) is 14.8 Å². The van der Waals surface area contributed by atoms with Gasteiger partial charge in [-0.3, -0.25) is 0 Å². The van der Waals surface area contributed by atoms with Crippen LogP contribution in [0.5, 0.6) is 0 Å². The summed E-state index contributed by atoms with van der Waals surface area (Å²) in [4.78, 5) is 0. The van der Waals surface area contributed by atoms with Gasteiger partial charge in [-0.25, -0.2) is 8.42 Å². The lowest BCUT2D eigenvalue weighted by Crippen LogP contribution is -2.55. The molecule has 0 radical (unpaired) electrons. The van der Waals surface area contributed by atoms with E-state index < -0.39 is 21.3 Å². The van der Waals surface area contributed by atoms with Crippen LogP contribution in [0.2, 0.25) is 0 Å². The molecule has 0 amide bonds. The summed E-state index contributed by atoms with van der Waals surface area (Å²) in [7, 11) is -3.45. The van der Waals surface area contributed by atoms with Crippen LogP contribution in [0.4, 0.5) is 0 Å². The summed E-state index contributed by atoms with van der Waals surface area (Å²) < 4.78 is 29.9. The number of rotatable bonds is 2. The molecule has 1 aliphatic heterocycles. The molecular formula is C8H14N2O3S. The third-order valence-electron chi connectivity index (χ3n) is 2.15. The highest BCUT2D eigenvalue weighted by Gasteiger charge is 2.38. The molecule has 0 N–H and O–H groups in total. The largest absolute Gasteiger partial charge is 0.378 e. The zero-order valence-electron chi connectivity index (χ0n) is 8.36. The van der Waals surface area contributed by atoms with Crippen molar-refractivity contribution in [1.82, 2.24) is 4.31 Å². The summed E-state index contributed by atoms with van der Waals surface area (Å²) in [5, 5.41) is 8.42. The van der Waals surface area contributed by atoms with Gasteiger partial charge < -0.3 is 4.74 Å². The van der Waals surface area contributed by atoms with Crippen LogP contribution >= 0.6 is 0 Å². The van der Waals surface area contributed by atoms with Gasteiger partial charge in [-0.05, 0) is 13.8 Å². The van der Waals surface area contributed by atoms with Crippen LogP contribution in [0.25, 0.3) is 0 Å². The summed E-state index contributed by atoms with van der Waals surface area (Å²) in [5.74, 6) is -0.462. The zero-order valence-corrected chi connectivity index (χ0v) is 9.17. The van der Waals surface area contributed by atoms with Gasteiger partial charge in [0.2, 0.25) is 10.0 Å². The summed E-state index contributed by atoms with van der Waals surface area (Å²) in [5.41, 5.74) is -0.548. The van der Waals surface area contributed by atoms with Crippen molar-refractivity contribution >= 4 is 10.0 Å². The Morgan fingerprint density at radius 3 is 2.71 bits per heavy atom. The Morgan fingerprint density at radius 2 is 2.21 bits per heavy atom. The van der Waals surface area contributed by atoms with E-state index in [1.807, 2.05) is 0 Å².